The van der Waals surface area contributed by atoms with Crippen LogP contribution >= 0.6 is 0 Å². The molecule has 1 aromatic carbocycles. The van der Waals surface area contributed by atoms with Gasteiger partial charge in [-0.05, 0) is 50.1 Å². The molecule has 0 aliphatic carbocycles. The summed E-state index contributed by atoms with van der Waals surface area (Å²) in [5, 5.41) is 12.6. The average Bonchev–Trinajstić information content (AvgIpc) is 2.85. The Morgan fingerprint density at radius 2 is 1.77 bits per heavy atom. The average molecular weight is 355 g/mol. The molecule has 2 rings (SSSR count). The summed E-state index contributed by atoms with van der Waals surface area (Å²) in [6.07, 6.45) is 2.64. The molecule has 1 aromatic heterocycles. The molecule has 0 aliphatic heterocycles. The number of carbonyl (C=O) groups is 2. The van der Waals surface area contributed by atoms with E-state index in [-0.39, 0.29) is 11.9 Å². The largest absolute Gasteiger partial charge is 0.334 e. The molecule has 0 bridgehead atoms. The maximum atomic E-state index is 12.2. The molecule has 3 amide bonds. The number of carbonyl (C=O) groups excluding carboxylic acids is 2. The number of nitrogens with one attached hydrogen (secondary N) is 3. The van der Waals surface area contributed by atoms with Crippen molar-refractivity contribution in [1.82, 2.24) is 15.1 Å². The fourth-order valence-electron chi connectivity index (χ4n) is 2.62. The minimum atomic E-state index is -0.302. The van der Waals surface area contributed by atoms with Crippen LogP contribution in [0.2, 0.25) is 0 Å². The Morgan fingerprint density at radius 3 is 2.31 bits per heavy atom. The van der Waals surface area contributed by atoms with E-state index in [2.05, 4.69) is 27.6 Å². The van der Waals surface area contributed by atoms with Gasteiger partial charge in [0.1, 0.15) is 0 Å². The second-order valence-corrected chi connectivity index (χ2v) is 6.02. The highest BCUT2D eigenvalue weighted by atomic mass is 16.2. The van der Waals surface area contributed by atoms with Gasteiger partial charge in [0, 0.05) is 37.1 Å². The lowest BCUT2D eigenvalue weighted by Gasteiger charge is -2.08. The van der Waals surface area contributed by atoms with Crippen LogP contribution in [0.3, 0.4) is 0 Å². The first kappa shape index (κ1) is 19.2. The Bertz CT molecular complexity index is 793. The van der Waals surface area contributed by atoms with E-state index in [9.17, 15) is 9.59 Å². The molecule has 0 spiro atoms. The van der Waals surface area contributed by atoms with Crippen LogP contribution in [0.15, 0.2) is 36.9 Å². The number of rotatable bonds is 7. The summed E-state index contributed by atoms with van der Waals surface area (Å²) in [6.45, 7) is 7.89. The number of amides is 3. The first-order valence-corrected chi connectivity index (χ1v) is 8.45. The summed E-state index contributed by atoms with van der Waals surface area (Å²) in [5.41, 5.74) is 4.49. The molecule has 0 atom stereocenters. The third-order valence-electron chi connectivity index (χ3n) is 4.09. The Kier molecular flexibility index (Phi) is 6.54. The predicted molar refractivity (Wildman–Crippen MR) is 103 cm³/mol. The minimum Gasteiger partial charge on any atom is -0.334 e. The third kappa shape index (κ3) is 5.20. The van der Waals surface area contributed by atoms with Crippen LogP contribution in [0.4, 0.5) is 16.2 Å². The van der Waals surface area contributed by atoms with Crippen molar-refractivity contribution in [3.63, 3.8) is 0 Å². The molecule has 0 unspecified atom stereocenters. The van der Waals surface area contributed by atoms with E-state index in [1.165, 1.54) is 0 Å². The molecule has 0 radical (unpaired) electrons. The number of urea groups is 1. The zero-order valence-electron chi connectivity index (χ0n) is 15.4. The molecule has 0 fully saturated rings. The van der Waals surface area contributed by atoms with Crippen LogP contribution in [0.1, 0.15) is 23.4 Å². The molecule has 7 heteroatoms. The zero-order valence-corrected chi connectivity index (χ0v) is 15.4. The van der Waals surface area contributed by atoms with Gasteiger partial charge in [-0.2, -0.15) is 5.10 Å². The van der Waals surface area contributed by atoms with Crippen molar-refractivity contribution in [1.29, 1.82) is 0 Å². The Hall–Kier alpha value is -3.09. The Morgan fingerprint density at radius 1 is 1.15 bits per heavy atom. The molecular weight excluding hydrogens is 330 g/mol. The van der Waals surface area contributed by atoms with Crippen molar-refractivity contribution in [3.8, 4) is 0 Å². The van der Waals surface area contributed by atoms with E-state index >= 15 is 0 Å². The first-order chi connectivity index (χ1) is 12.4. The maximum absolute atomic E-state index is 12.2. The Balaban J connectivity index is 1.85. The maximum Gasteiger partial charge on any atom is 0.319 e. The molecule has 2 aromatic rings. The van der Waals surface area contributed by atoms with Crippen molar-refractivity contribution in [2.45, 2.75) is 26.7 Å². The number of hydrogen-bond acceptors (Lipinski definition) is 3. The first-order valence-electron chi connectivity index (χ1n) is 8.45. The van der Waals surface area contributed by atoms with Gasteiger partial charge in [-0.15, -0.1) is 6.58 Å². The second kappa shape index (κ2) is 8.84. The predicted octanol–water partition coefficient (Wildman–Crippen LogP) is 2.92. The van der Waals surface area contributed by atoms with Crippen LogP contribution < -0.4 is 16.0 Å². The lowest BCUT2D eigenvalue weighted by Crippen LogP contribution is -2.28. The third-order valence-corrected chi connectivity index (χ3v) is 4.09. The highest BCUT2D eigenvalue weighted by Crippen LogP contribution is 2.16. The highest BCUT2D eigenvalue weighted by molar-refractivity contribution is 5.92. The second-order valence-electron chi connectivity index (χ2n) is 6.02. The van der Waals surface area contributed by atoms with E-state index in [0.29, 0.717) is 30.8 Å². The fourth-order valence-corrected chi connectivity index (χ4v) is 2.62. The molecule has 0 saturated heterocycles. The van der Waals surface area contributed by atoms with Gasteiger partial charge >= 0.3 is 6.03 Å². The molecule has 3 N–H and O–H groups in total. The normalized spacial score (nSPS) is 10.3. The van der Waals surface area contributed by atoms with Crippen LogP contribution in [-0.2, 0) is 18.3 Å². The highest BCUT2D eigenvalue weighted by Gasteiger charge is 2.11. The smallest absolute Gasteiger partial charge is 0.319 e. The summed E-state index contributed by atoms with van der Waals surface area (Å²) in [5.74, 6) is -0.0583. The van der Waals surface area contributed by atoms with Gasteiger partial charge in [-0.1, -0.05) is 6.08 Å². The lowest BCUT2D eigenvalue weighted by atomic mass is 10.1. The quantitative estimate of drug-likeness (QED) is 0.667. The van der Waals surface area contributed by atoms with Gasteiger partial charge < -0.3 is 16.0 Å². The standard InChI is InChI=1S/C19H25N5O2/c1-5-12-20-19(26)22-16-8-6-15(7-9-16)21-18(25)11-10-17-13(2)23-24(4)14(17)3/h5-9H,1,10-12H2,2-4H3,(H,21,25)(H2,20,22,26). The van der Waals surface area contributed by atoms with E-state index < -0.39 is 0 Å². The van der Waals surface area contributed by atoms with E-state index in [1.54, 1.807) is 30.3 Å². The van der Waals surface area contributed by atoms with Crippen molar-refractivity contribution in [2.75, 3.05) is 17.2 Å². The van der Waals surface area contributed by atoms with Gasteiger partial charge in [-0.3, -0.25) is 9.48 Å². The minimum absolute atomic E-state index is 0.0583. The van der Waals surface area contributed by atoms with Gasteiger partial charge in [0.2, 0.25) is 5.91 Å². The number of aromatic nitrogens is 2. The summed E-state index contributed by atoms with van der Waals surface area (Å²) in [7, 11) is 1.90. The van der Waals surface area contributed by atoms with Gasteiger partial charge in [0.15, 0.2) is 0 Å². The number of nitrogens with zero attached hydrogens (tertiary/aromatic N) is 2. The molecule has 26 heavy (non-hydrogen) atoms. The molecule has 7 nitrogen and oxygen atoms in total. The van der Waals surface area contributed by atoms with Gasteiger partial charge in [0.25, 0.3) is 0 Å². The van der Waals surface area contributed by atoms with E-state index in [4.69, 9.17) is 0 Å². The van der Waals surface area contributed by atoms with Crippen molar-refractivity contribution in [3.05, 3.63) is 53.9 Å². The summed E-state index contributed by atoms with van der Waals surface area (Å²) in [4.78, 5) is 23.7. The van der Waals surface area contributed by atoms with Crippen molar-refractivity contribution in [2.24, 2.45) is 7.05 Å². The number of aryl methyl sites for hydroxylation is 2. The SMILES string of the molecule is C=CCNC(=O)Nc1ccc(NC(=O)CCc2c(C)nn(C)c2C)cc1. The zero-order chi connectivity index (χ0) is 19.1. The molecule has 1 heterocycles. The van der Waals surface area contributed by atoms with Crippen LogP contribution in [0.5, 0.6) is 0 Å². The summed E-state index contributed by atoms with van der Waals surface area (Å²) < 4.78 is 1.83. The monoisotopic (exact) mass is 355 g/mol. The van der Waals surface area contributed by atoms with Gasteiger partial charge in [0.05, 0.1) is 5.69 Å². The van der Waals surface area contributed by atoms with Crippen LogP contribution in [-0.4, -0.2) is 28.3 Å². The van der Waals surface area contributed by atoms with E-state index in [1.807, 2.05) is 25.6 Å². The van der Waals surface area contributed by atoms with E-state index in [0.717, 1.165) is 17.0 Å². The fraction of sp³-hybridized carbons (Fsp3) is 0.316. The number of anilines is 2. The summed E-state index contributed by atoms with van der Waals surface area (Å²) >= 11 is 0. The molecular formula is C19H25N5O2. The van der Waals surface area contributed by atoms with Crippen LogP contribution in [0, 0.1) is 13.8 Å². The van der Waals surface area contributed by atoms with Crippen molar-refractivity contribution >= 4 is 23.3 Å². The van der Waals surface area contributed by atoms with Crippen molar-refractivity contribution < 1.29 is 9.59 Å². The van der Waals surface area contributed by atoms with Gasteiger partial charge in [-0.25, -0.2) is 4.79 Å². The lowest BCUT2D eigenvalue weighted by molar-refractivity contribution is -0.116. The van der Waals surface area contributed by atoms with Crippen LogP contribution in [0.25, 0.3) is 0 Å². The molecule has 0 saturated carbocycles. The number of benzene rings is 1. The molecule has 138 valence electrons. The topological polar surface area (TPSA) is 88.1 Å². The summed E-state index contributed by atoms with van der Waals surface area (Å²) in [6, 6.07) is 6.67. The number of hydrogen-bond donors (Lipinski definition) is 3. The molecule has 0 aliphatic rings. The Labute approximate surface area is 153 Å².